The van der Waals surface area contributed by atoms with Gasteiger partial charge in [-0.3, -0.25) is 9.59 Å². The molecule has 8 nitrogen and oxygen atoms in total. The van der Waals surface area contributed by atoms with Gasteiger partial charge >= 0.3 is 5.97 Å². The Bertz CT molecular complexity index is 1070. The summed E-state index contributed by atoms with van der Waals surface area (Å²) in [6.07, 6.45) is 3.58. The van der Waals surface area contributed by atoms with Crippen LogP contribution in [0.15, 0.2) is 41.5 Å². The van der Waals surface area contributed by atoms with Crippen LogP contribution >= 0.6 is 0 Å². The molecule has 0 saturated heterocycles. The lowest BCUT2D eigenvalue weighted by atomic mass is 10.2. The summed E-state index contributed by atoms with van der Waals surface area (Å²) >= 11 is 0. The van der Waals surface area contributed by atoms with Crippen molar-refractivity contribution in [2.24, 2.45) is 0 Å². The number of benzene rings is 1. The van der Waals surface area contributed by atoms with Crippen LogP contribution in [0.3, 0.4) is 0 Å². The van der Waals surface area contributed by atoms with Gasteiger partial charge < -0.3 is 14.0 Å². The number of carbonyl (C=O) groups excluding carboxylic acids is 2. The molecule has 0 aliphatic heterocycles. The molecule has 0 aliphatic carbocycles. The van der Waals surface area contributed by atoms with Gasteiger partial charge in [-0.25, -0.2) is 9.48 Å². The number of hydrogen-bond donors (Lipinski definition) is 0. The van der Waals surface area contributed by atoms with Gasteiger partial charge in [0.2, 0.25) is 0 Å². The third-order valence-corrected chi connectivity index (χ3v) is 4.53. The lowest BCUT2D eigenvalue weighted by Gasteiger charge is -2.13. The van der Waals surface area contributed by atoms with E-state index >= 15 is 0 Å². The maximum Gasteiger partial charge on any atom is 0.328 e. The summed E-state index contributed by atoms with van der Waals surface area (Å²) in [7, 11) is 1.58. The molecule has 0 N–H and O–H groups in total. The normalized spacial score (nSPS) is 12.0. The first-order chi connectivity index (χ1) is 13.5. The number of fused-ring (bicyclic) bond motifs is 1. The SMILES string of the molecule is CCOC(=O)C(C)n1cc(C=O)c2c(=O)n(Cc3ccc(OC)cc3)ncc21. The molecule has 2 heterocycles. The average molecular weight is 383 g/mol. The monoisotopic (exact) mass is 383 g/mol. The third-order valence-electron chi connectivity index (χ3n) is 4.53. The summed E-state index contributed by atoms with van der Waals surface area (Å²) in [6.45, 7) is 3.86. The van der Waals surface area contributed by atoms with Crippen molar-refractivity contribution < 1.29 is 19.1 Å². The zero-order chi connectivity index (χ0) is 20.3. The van der Waals surface area contributed by atoms with Crippen LogP contribution in [0.2, 0.25) is 0 Å². The standard InChI is InChI=1S/C20H21N3O5/c1-4-28-20(26)13(2)22-11-15(12-24)18-17(22)9-21-23(19(18)25)10-14-5-7-16(27-3)8-6-14/h5-9,11-13H,4,10H2,1-3H3. The first-order valence-corrected chi connectivity index (χ1v) is 8.85. The predicted octanol–water partition coefficient (Wildman–Crippen LogP) is 2.19. The fourth-order valence-electron chi connectivity index (χ4n) is 3.03. The van der Waals surface area contributed by atoms with Crippen LogP contribution in [0.25, 0.3) is 10.9 Å². The van der Waals surface area contributed by atoms with Crippen molar-refractivity contribution in [2.75, 3.05) is 13.7 Å². The number of nitrogens with zero attached hydrogens (tertiary/aromatic N) is 3. The first kappa shape index (κ1) is 19.3. The van der Waals surface area contributed by atoms with Crippen LogP contribution in [0, 0.1) is 0 Å². The molecule has 146 valence electrons. The molecule has 0 spiro atoms. The number of aldehydes is 1. The molecule has 3 aromatic rings. The van der Waals surface area contributed by atoms with E-state index < -0.39 is 17.6 Å². The van der Waals surface area contributed by atoms with Gasteiger partial charge in [0, 0.05) is 11.8 Å². The summed E-state index contributed by atoms with van der Waals surface area (Å²) in [6, 6.07) is 6.59. The van der Waals surface area contributed by atoms with E-state index in [4.69, 9.17) is 9.47 Å². The summed E-state index contributed by atoms with van der Waals surface area (Å²) in [5.74, 6) is 0.270. The van der Waals surface area contributed by atoms with Gasteiger partial charge in [0.25, 0.3) is 5.56 Å². The fourth-order valence-corrected chi connectivity index (χ4v) is 3.03. The van der Waals surface area contributed by atoms with Crippen LogP contribution in [0.4, 0.5) is 0 Å². The van der Waals surface area contributed by atoms with Gasteiger partial charge in [0.1, 0.15) is 11.8 Å². The van der Waals surface area contributed by atoms with Crippen LogP contribution in [0.5, 0.6) is 5.75 Å². The van der Waals surface area contributed by atoms with E-state index in [-0.39, 0.29) is 24.1 Å². The van der Waals surface area contributed by atoms with Crippen molar-refractivity contribution in [1.29, 1.82) is 0 Å². The minimum absolute atomic E-state index is 0.210. The highest BCUT2D eigenvalue weighted by molar-refractivity contribution is 5.97. The summed E-state index contributed by atoms with van der Waals surface area (Å²) in [5, 5.41) is 4.46. The highest BCUT2D eigenvalue weighted by Gasteiger charge is 2.22. The smallest absolute Gasteiger partial charge is 0.328 e. The zero-order valence-corrected chi connectivity index (χ0v) is 15.9. The van der Waals surface area contributed by atoms with E-state index in [0.29, 0.717) is 17.6 Å². The molecule has 1 atom stereocenters. The highest BCUT2D eigenvalue weighted by Crippen LogP contribution is 2.21. The van der Waals surface area contributed by atoms with E-state index in [0.717, 1.165) is 5.56 Å². The quantitative estimate of drug-likeness (QED) is 0.459. The number of methoxy groups -OCH3 is 1. The van der Waals surface area contributed by atoms with E-state index in [9.17, 15) is 14.4 Å². The Kier molecular flexibility index (Phi) is 5.58. The molecule has 2 aromatic heterocycles. The number of hydrogen-bond acceptors (Lipinski definition) is 6. The molecule has 0 amide bonds. The molecular weight excluding hydrogens is 362 g/mol. The van der Waals surface area contributed by atoms with Gasteiger partial charge in [-0.1, -0.05) is 12.1 Å². The Labute approximate surface area is 161 Å². The van der Waals surface area contributed by atoms with Gasteiger partial charge in [-0.05, 0) is 31.5 Å². The second-order valence-corrected chi connectivity index (χ2v) is 6.25. The third kappa shape index (κ3) is 3.53. The molecule has 0 fully saturated rings. The second-order valence-electron chi connectivity index (χ2n) is 6.25. The second kappa shape index (κ2) is 8.08. The molecule has 8 heteroatoms. The summed E-state index contributed by atoms with van der Waals surface area (Å²) in [5.41, 5.74) is 1.09. The molecule has 0 bridgehead atoms. The van der Waals surface area contributed by atoms with Crippen LogP contribution in [0.1, 0.15) is 35.8 Å². The molecule has 0 aliphatic rings. The van der Waals surface area contributed by atoms with Gasteiger partial charge in [-0.15, -0.1) is 0 Å². The number of aromatic nitrogens is 3. The highest BCUT2D eigenvalue weighted by atomic mass is 16.5. The lowest BCUT2D eigenvalue weighted by Crippen LogP contribution is -2.24. The molecule has 0 radical (unpaired) electrons. The van der Waals surface area contributed by atoms with Crippen molar-refractivity contribution in [2.45, 2.75) is 26.4 Å². The van der Waals surface area contributed by atoms with E-state index in [1.165, 1.54) is 17.1 Å². The minimum Gasteiger partial charge on any atom is -0.497 e. The van der Waals surface area contributed by atoms with Crippen molar-refractivity contribution in [3.63, 3.8) is 0 Å². The van der Waals surface area contributed by atoms with Crippen molar-refractivity contribution in [3.8, 4) is 5.75 Å². The summed E-state index contributed by atoms with van der Waals surface area (Å²) < 4.78 is 13.0. The van der Waals surface area contributed by atoms with Crippen LogP contribution < -0.4 is 10.3 Å². The molecule has 1 unspecified atom stereocenters. The lowest BCUT2D eigenvalue weighted by molar-refractivity contribution is -0.146. The van der Waals surface area contributed by atoms with E-state index in [1.54, 1.807) is 37.7 Å². The molecule has 28 heavy (non-hydrogen) atoms. The minimum atomic E-state index is -0.685. The Balaban J connectivity index is 2.04. The van der Waals surface area contributed by atoms with Crippen molar-refractivity contribution in [1.82, 2.24) is 14.3 Å². The average Bonchev–Trinajstić information content (AvgIpc) is 3.09. The number of esters is 1. The topological polar surface area (TPSA) is 92.4 Å². The van der Waals surface area contributed by atoms with E-state index in [2.05, 4.69) is 5.10 Å². The van der Waals surface area contributed by atoms with Crippen molar-refractivity contribution >= 4 is 23.2 Å². The number of carbonyl (C=O) groups is 2. The van der Waals surface area contributed by atoms with Gasteiger partial charge in [0.15, 0.2) is 6.29 Å². The maximum absolute atomic E-state index is 13.0. The Hall–Kier alpha value is -3.42. The molecule has 3 rings (SSSR count). The molecule has 1 aromatic carbocycles. The first-order valence-electron chi connectivity index (χ1n) is 8.85. The van der Waals surface area contributed by atoms with Crippen LogP contribution in [-0.2, 0) is 16.1 Å². The zero-order valence-electron chi connectivity index (χ0n) is 15.9. The van der Waals surface area contributed by atoms with Crippen LogP contribution in [-0.4, -0.2) is 40.3 Å². The fraction of sp³-hybridized carbons (Fsp3) is 0.300. The maximum atomic E-state index is 13.0. The summed E-state index contributed by atoms with van der Waals surface area (Å²) in [4.78, 5) is 36.6. The Morgan fingerprint density at radius 2 is 2.00 bits per heavy atom. The Morgan fingerprint density at radius 1 is 1.29 bits per heavy atom. The largest absolute Gasteiger partial charge is 0.497 e. The molecule has 0 saturated carbocycles. The van der Waals surface area contributed by atoms with Gasteiger partial charge in [-0.2, -0.15) is 5.10 Å². The Morgan fingerprint density at radius 3 is 2.61 bits per heavy atom. The number of rotatable bonds is 7. The number of ether oxygens (including phenoxy) is 2. The van der Waals surface area contributed by atoms with Gasteiger partial charge in [0.05, 0.1) is 37.4 Å². The van der Waals surface area contributed by atoms with Crippen molar-refractivity contribution in [3.05, 3.63) is 58.1 Å². The van der Waals surface area contributed by atoms with E-state index in [1.807, 2.05) is 12.1 Å². The predicted molar refractivity (Wildman–Crippen MR) is 103 cm³/mol. The molecular formula is C20H21N3O5.